The third-order valence-electron chi connectivity index (χ3n) is 8.40. The number of aryl methyl sites for hydroxylation is 1. The van der Waals surface area contributed by atoms with Gasteiger partial charge in [0, 0.05) is 5.41 Å². The van der Waals surface area contributed by atoms with Crippen LogP contribution in [0, 0.1) is 17.3 Å². The van der Waals surface area contributed by atoms with Crippen LogP contribution in [-0.4, -0.2) is 29.1 Å². The first-order valence-electron chi connectivity index (χ1n) is 12.2. The molecule has 2 aromatic carbocycles. The van der Waals surface area contributed by atoms with Crippen LogP contribution in [0.25, 0.3) is 0 Å². The van der Waals surface area contributed by atoms with Gasteiger partial charge in [0.1, 0.15) is 18.3 Å². The SMILES string of the molecule is C[C@]12CC[C@@H]3c4ccc(OC(=O)c5ccccc5)cc4CC[C@H]3[C@@H]1CC[C@@H]2OC(=O)CC(=O)O. The van der Waals surface area contributed by atoms with Crippen molar-refractivity contribution in [1.29, 1.82) is 0 Å². The topological polar surface area (TPSA) is 89.9 Å². The van der Waals surface area contributed by atoms with Crippen molar-refractivity contribution in [3.05, 3.63) is 65.2 Å². The van der Waals surface area contributed by atoms with Gasteiger partial charge in [0.25, 0.3) is 0 Å². The molecule has 6 nitrogen and oxygen atoms in total. The van der Waals surface area contributed by atoms with Gasteiger partial charge >= 0.3 is 17.9 Å². The molecule has 178 valence electrons. The fourth-order valence-corrected chi connectivity index (χ4v) is 6.83. The highest BCUT2D eigenvalue weighted by atomic mass is 16.5. The number of esters is 2. The summed E-state index contributed by atoms with van der Waals surface area (Å²) >= 11 is 0. The molecular formula is C28H30O6. The number of ether oxygens (including phenoxy) is 2. The monoisotopic (exact) mass is 462 g/mol. The predicted molar refractivity (Wildman–Crippen MR) is 125 cm³/mol. The molecule has 0 unspecified atom stereocenters. The van der Waals surface area contributed by atoms with Crippen molar-refractivity contribution in [2.45, 2.75) is 63.9 Å². The summed E-state index contributed by atoms with van der Waals surface area (Å²) in [6, 6.07) is 15.1. The molecule has 5 atom stereocenters. The smallest absolute Gasteiger partial charge is 0.343 e. The highest BCUT2D eigenvalue weighted by Crippen LogP contribution is 2.61. The summed E-state index contributed by atoms with van der Waals surface area (Å²) < 4.78 is 11.3. The Hall–Kier alpha value is -3.15. The first-order chi connectivity index (χ1) is 16.3. The number of hydrogen-bond donors (Lipinski definition) is 1. The zero-order valence-corrected chi connectivity index (χ0v) is 19.4. The molecule has 3 aliphatic carbocycles. The molecule has 0 spiro atoms. The lowest BCUT2D eigenvalue weighted by Crippen LogP contribution is -2.45. The summed E-state index contributed by atoms with van der Waals surface area (Å²) in [5, 5.41) is 8.90. The molecule has 6 heteroatoms. The second-order valence-corrected chi connectivity index (χ2v) is 10.2. The Kier molecular flexibility index (Phi) is 5.92. The summed E-state index contributed by atoms with van der Waals surface area (Å²) in [5.74, 6) is -0.117. The molecule has 2 fully saturated rings. The standard InChI is InChI=1S/C28H30O6/c1-28-14-13-21-20-10-8-19(33-27(32)17-5-3-2-4-6-17)15-18(20)7-9-22(21)23(28)11-12-24(28)34-26(31)16-25(29)30/h2-6,8,10,15,21-24H,7,9,11-14,16H2,1H3,(H,29,30)/t21-,22-,23+,24+,28+/m1/s1. The molecule has 0 amide bonds. The van der Waals surface area contributed by atoms with Gasteiger partial charge in [-0.3, -0.25) is 9.59 Å². The van der Waals surface area contributed by atoms with E-state index in [2.05, 4.69) is 13.0 Å². The minimum absolute atomic E-state index is 0.0992. The van der Waals surface area contributed by atoms with Gasteiger partial charge in [-0.25, -0.2) is 4.79 Å². The van der Waals surface area contributed by atoms with Gasteiger partial charge in [0.2, 0.25) is 0 Å². The zero-order valence-electron chi connectivity index (χ0n) is 19.4. The van der Waals surface area contributed by atoms with Gasteiger partial charge in [-0.1, -0.05) is 31.2 Å². The van der Waals surface area contributed by atoms with Crippen LogP contribution in [0.4, 0.5) is 0 Å². The average Bonchev–Trinajstić information content (AvgIpc) is 3.14. The Balaban J connectivity index is 1.30. The molecule has 2 aromatic rings. The molecule has 2 saturated carbocycles. The van der Waals surface area contributed by atoms with E-state index in [4.69, 9.17) is 14.6 Å². The molecule has 0 saturated heterocycles. The maximum atomic E-state index is 12.4. The van der Waals surface area contributed by atoms with Crippen molar-refractivity contribution >= 4 is 17.9 Å². The minimum Gasteiger partial charge on any atom is -0.481 e. The van der Waals surface area contributed by atoms with Crippen LogP contribution in [0.3, 0.4) is 0 Å². The van der Waals surface area contributed by atoms with Crippen molar-refractivity contribution in [2.75, 3.05) is 0 Å². The van der Waals surface area contributed by atoms with Crippen LogP contribution in [0.5, 0.6) is 5.75 Å². The lowest BCUT2D eigenvalue weighted by molar-refractivity contribution is -0.161. The Morgan fingerprint density at radius 2 is 1.82 bits per heavy atom. The molecule has 0 bridgehead atoms. The molecule has 34 heavy (non-hydrogen) atoms. The van der Waals surface area contributed by atoms with Crippen molar-refractivity contribution < 1.29 is 29.0 Å². The van der Waals surface area contributed by atoms with Crippen LogP contribution in [0.15, 0.2) is 48.5 Å². The Morgan fingerprint density at radius 1 is 1.03 bits per heavy atom. The maximum absolute atomic E-state index is 12.4. The summed E-state index contributed by atoms with van der Waals surface area (Å²) in [5.41, 5.74) is 3.04. The summed E-state index contributed by atoms with van der Waals surface area (Å²) in [6.45, 7) is 2.22. The van der Waals surface area contributed by atoms with Gasteiger partial charge in [-0.05, 0) is 91.7 Å². The summed E-state index contributed by atoms with van der Waals surface area (Å²) in [7, 11) is 0. The molecular weight excluding hydrogens is 432 g/mol. The lowest BCUT2D eigenvalue weighted by Gasteiger charge is -2.50. The van der Waals surface area contributed by atoms with Gasteiger partial charge in [0.15, 0.2) is 0 Å². The van der Waals surface area contributed by atoms with Gasteiger partial charge < -0.3 is 14.6 Å². The first kappa shape index (κ1) is 22.6. The van der Waals surface area contributed by atoms with E-state index in [0.717, 1.165) is 38.5 Å². The highest BCUT2D eigenvalue weighted by Gasteiger charge is 2.56. The Labute approximate surface area is 199 Å². The van der Waals surface area contributed by atoms with Crippen LogP contribution in [0.1, 0.15) is 72.9 Å². The third kappa shape index (κ3) is 4.10. The van der Waals surface area contributed by atoms with Crippen LogP contribution in [-0.2, 0) is 20.7 Å². The van der Waals surface area contributed by atoms with Gasteiger partial charge in [0.05, 0.1) is 5.56 Å². The Morgan fingerprint density at radius 3 is 2.59 bits per heavy atom. The van der Waals surface area contributed by atoms with E-state index >= 15 is 0 Å². The molecule has 5 rings (SSSR count). The quantitative estimate of drug-likeness (QED) is 0.376. The van der Waals surface area contributed by atoms with Crippen molar-refractivity contribution in [3.8, 4) is 5.75 Å². The number of rotatable bonds is 5. The van der Waals surface area contributed by atoms with E-state index in [1.165, 1.54) is 11.1 Å². The number of carbonyl (C=O) groups is 3. The highest BCUT2D eigenvalue weighted by molar-refractivity contribution is 5.91. The molecule has 0 heterocycles. The molecule has 1 N–H and O–H groups in total. The van der Waals surface area contributed by atoms with E-state index in [1.54, 1.807) is 12.1 Å². The molecule has 0 aromatic heterocycles. The second kappa shape index (κ2) is 8.90. The number of aliphatic carboxylic acids is 1. The summed E-state index contributed by atoms with van der Waals surface area (Å²) in [4.78, 5) is 35.4. The number of carbonyl (C=O) groups excluding carboxylic acids is 2. The van der Waals surface area contributed by atoms with E-state index in [9.17, 15) is 14.4 Å². The second-order valence-electron chi connectivity index (χ2n) is 10.2. The summed E-state index contributed by atoms with van der Waals surface area (Å²) in [6.07, 6.45) is 4.99. The van der Waals surface area contributed by atoms with Crippen LogP contribution in [0.2, 0.25) is 0 Å². The molecule has 0 aliphatic heterocycles. The molecule has 0 radical (unpaired) electrons. The minimum atomic E-state index is -1.15. The number of fused-ring (bicyclic) bond motifs is 5. The number of hydrogen-bond acceptors (Lipinski definition) is 5. The van der Waals surface area contributed by atoms with Crippen LogP contribution >= 0.6 is 0 Å². The zero-order chi connectivity index (χ0) is 23.9. The first-order valence-corrected chi connectivity index (χ1v) is 12.2. The normalized spacial score (nSPS) is 29.3. The van der Waals surface area contributed by atoms with Crippen LogP contribution < -0.4 is 4.74 Å². The number of benzene rings is 2. The van der Waals surface area contributed by atoms with Crippen molar-refractivity contribution in [2.24, 2.45) is 17.3 Å². The van der Waals surface area contributed by atoms with E-state index < -0.39 is 18.4 Å². The fourth-order valence-electron chi connectivity index (χ4n) is 6.83. The third-order valence-corrected chi connectivity index (χ3v) is 8.40. The van der Waals surface area contributed by atoms with Crippen molar-refractivity contribution in [1.82, 2.24) is 0 Å². The maximum Gasteiger partial charge on any atom is 0.343 e. The van der Waals surface area contributed by atoms with Gasteiger partial charge in [-0.15, -0.1) is 0 Å². The number of carboxylic acids is 1. The van der Waals surface area contributed by atoms with E-state index in [-0.39, 0.29) is 17.5 Å². The fraction of sp³-hybridized carbons (Fsp3) is 0.464. The Bertz CT molecular complexity index is 1110. The van der Waals surface area contributed by atoms with Crippen molar-refractivity contribution in [3.63, 3.8) is 0 Å². The largest absolute Gasteiger partial charge is 0.481 e. The van der Waals surface area contributed by atoms with E-state index in [1.807, 2.05) is 30.3 Å². The predicted octanol–water partition coefficient (Wildman–Crippen LogP) is 5.15. The van der Waals surface area contributed by atoms with E-state index in [0.29, 0.717) is 29.1 Å². The lowest BCUT2D eigenvalue weighted by atomic mass is 9.55. The molecule has 3 aliphatic rings. The average molecular weight is 463 g/mol. The number of carboxylic acid groups (broad SMARTS) is 1. The van der Waals surface area contributed by atoms with Gasteiger partial charge in [-0.2, -0.15) is 0 Å².